The highest BCUT2D eigenvalue weighted by molar-refractivity contribution is 6.00. The maximum atomic E-state index is 14.2. The molecule has 2 aromatic carbocycles. The first-order valence-electron chi connectivity index (χ1n) is 20.3. The predicted molar refractivity (Wildman–Crippen MR) is 216 cm³/mol. The lowest BCUT2D eigenvalue weighted by atomic mass is 9.83. The van der Waals surface area contributed by atoms with Crippen LogP contribution in [0.4, 0.5) is 0 Å². The molecule has 0 spiro atoms. The minimum Gasteiger partial charge on any atom is -0.457 e. The number of ether oxygens (including phenoxy) is 1. The maximum Gasteiger partial charge on any atom is 0.224 e. The van der Waals surface area contributed by atoms with Gasteiger partial charge in [-0.1, -0.05) is 71.6 Å². The number of carbonyl (C=O) groups is 5. The molecular weight excluding hydrogens is 695 g/mol. The number of aliphatic hydroxyl groups is 1. The molecule has 0 aromatic heterocycles. The number of ketones is 3. The minimum atomic E-state index is -1.11. The summed E-state index contributed by atoms with van der Waals surface area (Å²) in [7, 11) is 0. The van der Waals surface area contributed by atoms with Crippen molar-refractivity contribution in [3.05, 3.63) is 60.2 Å². The van der Waals surface area contributed by atoms with Crippen molar-refractivity contribution in [2.24, 2.45) is 23.7 Å². The van der Waals surface area contributed by atoms with E-state index in [-0.39, 0.29) is 60.8 Å². The second kappa shape index (κ2) is 24.2. The van der Waals surface area contributed by atoms with Gasteiger partial charge in [-0.05, 0) is 93.6 Å². The van der Waals surface area contributed by atoms with Gasteiger partial charge in [-0.3, -0.25) is 24.0 Å². The second-order valence-electron chi connectivity index (χ2n) is 14.9. The first kappa shape index (κ1) is 45.1. The van der Waals surface area contributed by atoms with E-state index in [0.717, 1.165) is 51.7 Å². The summed E-state index contributed by atoms with van der Waals surface area (Å²) in [4.78, 5) is 70.7. The molecule has 1 saturated carbocycles. The number of unbranched alkanes of at least 4 members (excludes halogenated alkanes) is 1. The Labute approximate surface area is 328 Å². The number of nitrogens with zero attached hydrogens (tertiary/aromatic N) is 1. The van der Waals surface area contributed by atoms with Crippen molar-refractivity contribution >= 4 is 29.2 Å². The molecule has 1 unspecified atom stereocenters. The molecule has 2 aromatic rings. The Morgan fingerprint density at radius 1 is 0.873 bits per heavy atom. The molecule has 10 nitrogen and oxygen atoms in total. The van der Waals surface area contributed by atoms with Crippen LogP contribution in [-0.4, -0.2) is 77.5 Å². The van der Waals surface area contributed by atoms with E-state index >= 15 is 0 Å². The molecule has 3 N–H and O–H groups in total. The van der Waals surface area contributed by atoms with E-state index in [0.29, 0.717) is 36.3 Å². The number of Topliss-reactive ketones (excluding diaryl/α,β-unsaturated/α-hetero) is 3. The Morgan fingerprint density at radius 3 is 2.13 bits per heavy atom. The van der Waals surface area contributed by atoms with Gasteiger partial charge in [0.15, 0.2) is 17.3 Å². The molecule has 1 aliphatic carbocycles. The molecule has 0 radical (unpaired) electrons. The fourth-order valence-electron chi connectivity index (χ4n) is 7.37. The Kier molecular flexibility index (Phi) is 19.9. The predicted octanol–water partition coefficient (Wildman–Crippen LogP) is 6.94. The van der Waals surface area contributed by atoms with Crippen LogP contribution < -0.4 is 15.4 Å². The SMILES string of the molecule is C#CCCC(=O)[C@H](CO)NC(=O)[C@H](CCCCN(CC)CC)CC(=O)C(NC(=O)[C@@H](CC(=O)c1ccc(Oc2ccccc2)cc1)C1CCCC1)[C@@H](C)CC. The number of hydrogen-bond donors (Lipinski definition) is 3. The first-order chi connectivity index (χ1) is 26.5. The van der Waals surface area contributed by atoms with E-state index in [1.165, 1.54) is 0 Å². The highest BCUT2D eigenvalue weighted by atomic mass is 16.5. The topological polar surface area (TPSA) is 142 Å². The molecule has 0 heterocycles. The molecule has 300 valence electrons. The summed E-state index contributed by atoms with van der Waals surface area (Å²) in [5, 5.41) is 15.7. The van der Waals surface area contributed by atoms with Gasteiger partial charge in [-0.15, -0.1) is 12.3 Å². The minimum absolute atomic E-state index is 0.0177. The van der Waals surface area contributed by atoms with Gasteiger partial charge in [0.05, 0.1) is 12.6 Å². The number of carbonyl (C=O) groups excluding carboxylic acids is 5. The standard InChI is InChI=1S/C45H63N3O7/c1-6-10-23-40(50)39(31-49)46-44(53)35(20-16-17-28-48(8-3)9-4)29-42(52)43(32(5)7-2)47-45(54)38(33-18-14-15-19-33)30-41(51)34-24-26-37(27-25-34)55-36-21-12-11-13-22-36/h1,11-13,21-22,24-27,32-33,35,38-39,43,49H,7-10,14-20,23,28-31H2,2-5H3,(H,46,53)(H,47,54)/t32-,35+,38-,39-,43?/m0/s1. The van der Waals surface area contributed by atoms with E-state index < -0.39 is 36.4 Å². The van der Waals surface area contributed by atoms with E-state index in [4.69, 9.17) is 11.2 Å². The van der Waals surface area contributed by atoms with E-state index in [2.05, 4.69) is 35.3 Å². The van der Waals surface area contributed by atoms with Crippen molar-refractivity contribution in [1.29, 1.82) is 0 Å². The fraction of sp³-hybridized carbons (Fsp3) is 0.578. The molecular formula is C45H63N3O7. The molecule has 0 saturated heterocycles. The van der Waals surface area contributed by atoms with Crippen LogP contribution in [-0.2, 0) is 19.2 Å². The zero-order valence-corrected chi connectivity index (χ0v) is 33.4. The lowest BCUT2D eigenvalue weighted by molar-refractivity contribution is -0.135. The third kappa shape index (κ3) is 14.7. The molecule has 1 aliphatic rings. The van der Waals surface area contributed by atoms with Gasteiger partial charge in [0.25, 0.3) is 0 Å². The van der Waals surface area contributed by atoms with Gasteiger partial charge in [-0.25, -0.2) is 0 Å². The quantitative estimate of drug-likeness (QED) is 0.0533. The second-order valence-corrected chi connectivity index (χ2v) is 14.9. The molecule has 2 amide bonds. The van der Waals surface area contributed by atoms with Crippen molar-refractivity contribution < 1.29 is 33.8 Å². The van der Waals surface area contributed by atoms with Crippen LogP contribution in [0.1, 0.15) is 115 Å². The summed E-state index contributed by atoms with van der Waals surface area (Å²) in [6.45, 7) is 10.2. The Morgan fingerprint density at radius 2 is 1.53 bits per heavy atom. The normalized spacial score (nSPS) is 15.7. The number of terminal acetylenes is 1. The van der Waals surface area contributed by atoms with E-state index in [1.807, 2.05) is 44.2 Å². The van der Waals surface area contributed by atoms with Gasteiger partial charge < -0.3 is 25.4 Å². The summed E-state index contributed by atoms with van der Waals surface area (Å²) in [5.74, 6) is 0.540. The largest absolute Gasteiger partial charge is 0.457 e. The van der Waals surface area contributed by atoms with Crippen LogP contribution in [0.2, 0.25) is 0 Å². The summed E-state index contributed by atoms with van der Waals surface area (Å²) >= 11 is 0. The van der Waals surface area contributed by atoms with Crippen molar-refractivity contribution in [1.82, 2.24) is 15.5 Å². The fourth-order valence-corrected chi connectivity index (χ4v) is 7.37. The highest BCUT2D eigenvalue weighted by Crippen LogP contribution is 2.35. The summed E-state index contributed by atoms with van der Waals surface area (Å²) in [6, 6.07) is 14.3. The van der Waals surface area contributed by atoms with Crippen LogP contribution in [0.25, 0.3) is 0 Å². The van der Waals surface area contributed by atoms with Gasteiger partial charge in [-0.2, -0.15) is 0 Å². The average molecular weight is 758 g/mol. The van der Waals surface area contributed by atoms with Crippen LogP contribution in [0.3, 0.4) is 0 Å². The number of hydrogen-bond acceptors (Lipinski definition) is 8. The zero-order valence-electron chi connectivity index (χ0n) is 33.4. The first-order valence-corrected chi connectivity index (χ1v) is 20.3. The Hall–Kier alpha value is -4.33. The van der Waals surface area contributed by atoms with Crippen LogP contribution in [0.5, 0.6) is 11.5 Å². The molecule has 10 heteroatoms. The summed E-state index contributed by atoms with van der Waals surface area (Å²) < 4.78 is 5.88. The number of para-hydroxylation sites is 1. The molecule has 3 rings (SSSR count). The lowest BCUT2D eigenvalue weighted by Gasteiger charge is -2.29. The van der Waals surface area contributed by atoms with Gasteiger partial charge >= 0.3 is 0 Å². The monoisotopic (exact) mass is 757 g/mol. The van der Waals surface area contributed by atoms with Crippen molar-refractivity contribution in [3.8, 4) is 23.8 Å². The van der Waals surface area contributed by atoms with E-state index in [9.17, 15) is 29.1 Å². The maximum absolute atomic E-state index is 14.2. The number of nitrogens with one attached hydrogen (secondary N) is 2. The Balaban J connectivity index is 1.77. The number of rotatable bonds is 26. The van der Waals surface area contributed by atoms with E-state index in [1.54, 1.807) is 24.3 Å². The number of amides is 2. The molecule has 55 heavy (non-hydrogen) atoms. The smallest absolute Gasteiger partial charge is 0.224 e. The van der Waals surface area contributed by atoms with Crippen LogP contribution in [0, 0.1) is 36.0 Å². The summed E-state index contributed by atoms with van der Waals surface area (Å²) in [6.07, 6.45) is 11.6. The molecule has 1 fully saturated rings. The molecule has 0 aliphatic heterocycles. The third-order valence-corrected chi connectivity index (χ3v) is 11.1. The van der Waals surface area contributed by atoms with Gasteiger partial charge in [0.1, 0.15) is 17.5 Å². The number of aliphatic hydroxyl groups excluding tert-OH is 1. The lowest BCUT2D eigenvalue weighted by Crippen LogP contribution is -2.50. The van der Waals surface area contributed by atoms with Crippen molar-refractivity contribution in [2.45, 2.75) is 117 Å². The zero-order chi connectivity index (χ0) is 40.2. The third-order valence-electron chi connectivity index (χ3n) is 11.1. The van der Waals surface area contributed by atoms with Gasteiger partial charge in [0.2, 0.25) is 11.8 Å². The molecule has 5 atom stereocenters. The van der Waals surface area contributed by atoms with Crippen LogP contribution in [0.15, 0.2) is 54.6 Å². The van der Waals surface area contributed by atoms with Gasteiger partial charge in [0, 0.05) is 43.1 Å². The van der Waals surface area contributed by atoms with Crippen molar-refractivity contribution in [2.75, 3.05) is 26.2 Å². The average Bonchev–Trinajstić information content (AvgIpc) is 3.74. The number of benzene rings is 2. The molecule has 0 bridgehead atoms. The Bertz CT molecular complexity index is 1540. The van der Waals surface area contributed by atoms with Crippen molar-refractivity contribution in [3.63, 3.8) is 0 Å². The summed E-state index contributed by atoms with van der Waals surface area (Å²) in [5.41, 5.74) is 0.486. The highest BCUT2D eigenvalue weighted by Gasteiger charge is 2.37. The van der Waals surface area contributed by atoms with Crippen LogP contribution >= 0.6 is 0 Å².